The number of hydrogen-bond donors (Lipinski definition) is 4. The van der Waals surface area contributed by atoms with Crippen molar-refractivity contribution in [3.05, 3.63) is 53.6 Å². The van der Waals surface area contributed by atoms with Crippen molar-refractivity contribution in [2.45, 2.75) is 32.6 Å². The average molecular weight is 479 g/mol. The minimum absolute atomic E-state index is 0.000219. The van der Waals surface area contributed by atoms with Crippen LogP contribution in [0.15, 0.2) is 42.5 Å². The third-order valence-corrected chi connectivity index (χ3v) is 6.36. The minimum atomic E-state index is -0.789. The van der Waals surface area contributed by atoms with Gasteiger partial charge in [0.25, 0.3) is 0 Å². The smallest absolute Gasteiger partial charge is 0.319 e. The number of aliphatic carboxylic acids is 1. The van der Waals surface area contributed by atoms with Gasteiger partial charge in [0.05, 0.1) is 17.8 Å². The molecule has 0 aliphatic carbocycles. The van der Waals surface area contributed by atoms with Crippen LogP contribution < -0.4 is 0 Å². The highest BCUT2D eigenvalue weighted by molar-refractivity contribution is 5.70. The Morgan fingerprint density at radius 3 is 2.37 bits per heavy atom. The van der Waals surface area contributed by atoms with Crippen molar-refractivity contribution < 1.29 is 25.2 Å². The Bertz CT molecular complexity index is 1230. The molecule has 0 atom stereocenters. The monoisotopic (exact) mass is 478 g/mol. The Kier molecular flexibility index (Phi) is 7.07. The van der Waals surface area contributed by atoms with E-state index in [1.165, 1.54) is 10.6 Å². The molecule has 1 aliphatic rings. The highest BCUT2D eigenvalue weighted by atomic mass is 16.4. The number of aromatic nitrogens is 3. The Balaban J connectivity index is 1.53. The van der Waals surface area contributed by atoms with Gasteiger partial charge in [-0.05, 0) is 67.1 Å². The molecule has 0 bridgehead atoms. The third-order valence-electron chi connectivity index (χ3n) is 6.36. The van der Waals surface area contributed by atoms with Crippen molar-refractivity contribution in [3.63, 3.8) is 0 Å². The molecule has 0 radical (unpaired) electrons. The lowest BCUT2D eigenvalue weighted by Gasteiger charge is -2.29. The summed E-state index contributed by atoms with van der Waals surface area (Å²) >= 11 is 0. The fourth-order valence-electron chi connectivity index (χ4n) is 4.40. The number of aromatic hydroxyl groups is 3. The van der Waals surface area contributed by atoms with E-state index in [9.17, 15) is 20.1 Å². The van der Waals surface area contributed by atoms with Gasteiger partial charge in [-0.2, -0.15) is 0 Å². The summed E-state index contributed by atoms with van der Waals surface area (Å²) < 4.78 is 1.45. The van der Waals surface area contributed by atoms with Crippen molar-refractivity contribution in [2.24, 2.45) is 5.92 Å². The van der Waals surface area contributed by atoms with Gasteiger partial charge in [-0.3, -0.25) is 9.69 Å². The maximum atomic E-state index is 10.9. The van der Waals surface area contributed by atoms with Crippen molar-refractivity contribution >= 4 is 12.0 Å². The molecular weight excluding hydrogens is 448 g/mol. The SMILES string of the molecule is CC(C)c1cc(-c2nnc(O)n2-c2ccc(C=CC3CCN(CC(=O)O)CC3)cc2)c(O)cc1O. The van der Waals surface area contributed by atoms with E-state index in [1.807, 2.05) is 43.0 Å². The molecule has 0 spiro atoms. The van der Waals surface area contributed by atoms with Gasteiger partial charge in [0.15, 0.2) is 5.82 Å². The van der Waals surface area contributed by atoms with Gasteiger partial charge in [0.2, 0.25) is 0 Å². The van der Waals surface area contributed by atoms with E-state index in [0.717, 1.165) is 31.5 Å². The van der Waals surface area contributed by atoms with Crippen LogP contribution in [0.1, 0.15) is 43.7 Å². The summed E-state index contributed by atoms with van der Waals surface area (Å²) in [4.78, 5) is 12.8. The molecule has 0 unspecified atom stereocenters. The van der Waals surface area contributed by atoms with Crippen LogP contribution in [0.25, 0.3) is 23.2 Å². The largest absolute Gasteiger partial charge is 0.508 e. The number of phenolic OH excluding ortho intramolecular Hbond substituents is 2. The number of nitrogens with zero attached hydrogens (tertiary/aromatic N) is 4. The van der Waals surface area contributed by atoms with Crippen LogP contribution in [0.3, 0.4) is 0 Å². The maximum absolute atomic E-state index is 10.9. The zero-order valence-corrected chi connectivity index (χ0v) is 19.8. The average Bonchev–Trinajstić information content (AvgIpc) is 3.19. The molecule has 1 aromatic heterocycles. The van der Waals surface area contributed by atoms with Gasteiger partial charge in [0.1, 0.15) is 11.5 Å². The molecular formula is C26H30N4O5. The lowest BCUT2D eigenvalue weighted by atomic mass is 9.95. The number of rotatable bonds is 7. The third kappa shape index (κ3) is 5.46. The quantitative estimate of drug-likeness (QED) is 0.401. The highest BCUT2D eigenvalue weighted by Crippen LogP contribution is 2.38. The lowest BCUT2D eigenvalue weighted by molar-refractivity contribution is -0.138. The number of carbonyl (C=O) groups is 1. The van der Waals surface area contributed by atoms with Crippen LogP contribution in [0, 0.1) is 5.92 Å². The van der Waals surface area contributed by atoms with Crippen molar-refractivity contribution in [1.82, 2.24) is 19.7 Å². The summed E-state index contributed by atoms with van der Waals surface area (Å²) in [5.41, 5.74) is 2.63. The number of piperidine rings is 1. The predicted octanol–water partition coefficient (Wildman–Crippen LogP) is 3.98. The Morgan fingerprint density at radius 2 is 1.74 bits per heavy atom. The van der Waals surface area contributed by atoms with Gasteiger partial charge in [-0.1, -0.05) is 43.2 Å². The van der Waals surface area contributed by atoms with Crippen molar-refractivity contribution in [1.29, 1.82) is 0 Å². The normalized spacial score (nSPS) is 15.3. The second-order valence-corrected chi connectivity index (χ2v) is 9.20. The fraction of sp³-hybridized carbons (Fsp3) is 0.346. The Labute approximate surface area is 203 Å². The molecule has 3 aromatic rings. The van der Waals surface area contributed by atoms with Crippen molar-refractivity contribution in [2.75, 3.05) is 19.6 Å². The first-order valence-corrected chi connectivity index (χ1v) is 11.7. The molecule has 1 fully saturated rings. The molecule has 1 saturated heterocycles. The maximum Gasteiger partial charge on any atom is 0.319 e. The number of carboxylic acids is 1. The fourth-order valence-corrected chi connectivity index (χ4v) is 4.40. The van der Waals surface area contributed by atoms with Crippen LogP contribution in [0.5, 0.6) is 17.5 Å². The number of carboxylic acid groups (broad SMARTS) is 1. The molecule has 0 amide bonds. The van der Waals surface area contributed by atoms with E-state index in [-0.39, 0.29) is 35.8 Å². The van der Waals surface area contributed by atoms with Crippen LogP contribution >= 0.6 is 0 Å². The first-order valence-electron chi connectivity index (χ1n) is 11.7. The van der Waals surface area contributed by atoms with Gasteiger partial charge in [0, 0.05) is 6.07 Å². The van der Waals surface area contributed by atoms with E-state index < -0.39 is 5.97 Å². The summed E-state index contributed by atoms with van der Waals surface area (Å²) in [6.45, 7) is 5.51. The van der Waals surface area contributed by atoms with Crippen LogP contribution in [0.2, 0.25) is 0 Å². The van der Waals surface area contributed by atoms with E-state index in [2.05, 4.69) is 22.3 Å². The molecule has 1 aliphatic heterocycles. The lowest BCUT2D eigenvalue weighted by Crippen LogP contribution is -2.36. The molecule has 184 valence electrons. The topological polar surface area (TPSA) is 132 Å². The number of allylic oxidation sites excluding steroid dienone is 1. The van der Waals surface area contributed by atoms with E-state index >= 15 is 0 Å². The highest BCUT2D eigenvalue weighted by Gasteiger charge is 2.21. The summed E-state index contributed by atoms with van der Waals surface area (Å²) in [7, 11) is 0. The number of phenols is 2. The van der Waals surface area contributed by atoms with E-state index in [0.29, 0.717) is 22.7 Å². The molecule has 4 N–H and O–H groups in total. The van der Waals surface area contributed by atoms with Gasteiger partial charge >= 0.3 is 12.0 Å². The van der Waals surface area contributed by atoms with Gasteiger partial charge in [-0.25, -0.2) is 4.57 Å². The number of likely N-dealkylation sites (tertiary alicyclic amines) is 1. The predicted molar refractivity (Wildman–Crippen MR) is 132 cm³/mol. The zero-order valence-electron chi connectivity index (χ0n) is 19.8. The summed E-state index contributed by atoms with van der Waals surface area (Å²) in [5, 5.41) is 47.8. The summed E-state index contributed by atoms with van der Waals surface area (Å²) in [6, 6.07) is 10.1. The first-order chi connectivity index (χ1) is 16.7. The van der Waals surface area contributed by atoms with Crippen molar-refractivity contribution in [3.8, 4) is 34.6 Å². The van der Waals surface area contributed by atoms with Crippen LogP contribution in [-0.2, 0) is 4.79 Å². The molecule has 9 nitrogen and oxygen atoms in total. The second kappa shape index (κ2) is 10.2. The Morgan fingerprint density at radius 1 is 1.06 bits per heavy atom. The standard InChI is InChI=1S/C26H30N4O5/c1-16(2)20-13-21(23(32)14-22(20)31)25-27-28-26(35)30(25)19-7-5-17(6-8-19)3-4-18-9-11-29(12-10-18)15-24(33)34/h3-8,13-14,16,18,31-32H,9-12,15H2,1-2H3,(H,28,35)(H,33,34). The molecule has 2 aromatic carbocycles. The molecule has 35 heavy (non-hydrogen) atoms. The molecule has 9 heteroatoms. The minimum Gasteiger partial charge on any atom is -0.508 e. The second-order valence-electron chi connectivity index (χ2n) is 9.20. The molecule has 4 rings (SSSR count). The first kappa shape index (κ1) is 24.3. The molecule has 2 heterocycles. The Hall–Kier alpha value is -3.85. The van der Waals surface area contributed by atoms with Gasteiger partial charge in [-0.15, -0.1) is 5.10 Å². The van der Waals surface area contributed by atoms with E-state index in [1.54, 1.807) is 6.07 Å². The number of hydrogen-bond acceptors (Lipinski definition) is 7. The van der Waals surface area contributed by atoms with E-state index in [4.69, 9.17) is 5.11 Å². The molecule has 0 saturated carbocycles. The van der Waals surface area contributed by atoms with Gasteiger partial charge < -0.3 is 20.4 Å². The number of benzene rings is 2. The summed E-state index contributed by atoms with van der Waals surface area (Å²) in [6.07, 6.45) is 6.06. The zero-order chi connectivity index (χ0) is 25.1. The van der Waals surface area contributed by atoms with Crippen LogP contribution in [0.4, 0.5) is 0 Å². The summed E-state index contributed by atoms with van der Waals surface area (Å²) in [5.74, 6) is -0.258. The van der Waals surface area contributed by atoms with Crippen LogP contribution in [-0.4, -0.2) is 65.7 Å².